The molecule has 1 amide bonds. The molecule has 0 bridgehead atoms. The van der Waals surface area contributed by atoms with E-state index in [2.05, 4.69) is 5.32 Å². The molecule has 0 spiro atoms. The second kappa shape index (κ2) is 8.42. The van der Waals surface area contributed by atoms with Gasteiger partial charge in [-0.25, -0.2) is 4.39 Å². The number of nitrogens with one attached hydrogen (secondary N) is 1. The molecule has 8 nitrogen and oxygen atoms in total. The van der Waals surface area contributed by atoms with E-state index < -0.39 is 22.8 Å². The lowest BCUT2D eigenvalue weighted by atomic mass is 10.2. The standard InChI is InChI=1S/C20H18FN3O5/c1-28-16-8-7-15(11-17(16)29-2)24-10-9-23(19(26)20(24)27)12-18(25)22-14-5-3-13(21)4-6-14/h3-11H,12H2,1-2H3,(H,22,25). The molecule has 0 saturated carbocycles. The fraction of sp³-hybridized carbons (Fsp3) is 0.150. The Morgan fingerprint density at radius 2 is 1.66 bits per heavy atom. The number of benzene rings is 2. The first-order valence-corrected chi connectivity index (χ1v) is 8.53. The van der Waals surface area contributed by atoms with Crippen molar-refractivity contribution in [2.24, 2.45) is 0 Å². The molecule has 9 heteroatoms. The lowest BCUT2D eigenvalue weighted by molar-refractivity contribution is -0.116. The summed E-state index contributed by atoms with van der Waals surface area (Å²) >= 11 is 0. The molecule has 150 valence electrons. The van der Waals surface area contributed by atoms with E-state index >= 15 is 0 Å². The van der Waals surface area contributed by atoms with Crippen LogP contribution in [-0.4, -0.2) is 29.3 Å². The zero-order valence-corrected chi connectivity index (χ0v) is 15.7. The fourth-order valence-corrected chi connectivity index (χ4v) is 2.70. The maximum absolute atomic E-state index is 12.9. The third kappa shape index (κ3) is 4.34. The second-order valence-electron chi connectivity index (χ2n) is 6.00. The van der Waals surface area contributed by atoms with Gasteiger partial charge in [0.05, 0.1) is 19.9 Å². The molecule has 0 unspecified atom stereocenters. The van der Waals surface area contributed by atoms with E-state index in [1.165, 1.54) is 50.9 Å². The highest BCUT2D eigenvalue weighted by atomic mass is 19.1. The van der Waals surface area contributed by atoms with Gasteiger partial charge in [-0.05, 0) is 36.4 Å². The van der Waals surface area contributed by atoms with Crippen LogP contribution in [0.25, 0.3) is 5.69 Å². The normalized spacial score (nSPS) is 10.4. The van der Waals surface area contributed by atoms with Gasteiger partial charge in [0.2, 0.25) is 5.91 Å². The molecular formula is C20H18FN3O5. The quantitative estimate of drug-likeness (QED) is 0.638. The first kappa shape index (κ1) is 19.9. The Morgan fingerprint density at radius 1 is 0.966 bits per heavy atom. The summed E-state index contributed by atoms with van der Waals surface area (Å²) in [6, 6.07) is 9.97. The molecule has 0 fully saturated rings. The van der Waals surface area contributed by atoms with Crippen molar-refractivity contribution in [1.29, 1.82) is 0 Å². The number of hydrogen-bond donors (Lipinski definition) is 1. The molecule has 3 rings (SSSR count). The number of carbonyl (C=O) groups excluding carboxylic acids is 1. The summed E-state index contributed by atoms with van der Waals surface area (Å²) in [5.74, 6) is -0.0742. The predicted octanol–water partition coefficient (Wildman–Crippen LogP) is 1.79. The van der Waals surface area contributed by atoms with Crippen LogP contribution in [0, 0.1) is 5.82 Å². The molecule has 1 heterocycles. The van der Waals surface area contributed by atoms with E-state index in [0.717, 1.165) is 9.13 Å². The first-order valence-electron chi connectivity index (χ1n) is 8.53. The third-order valence-corrected chi connectivity index (χ3v) is 4.15. The summed E-state index contributed by atoms with van der Waals surface area (Å²) in [7, 11) is 2.95. The van der Waals surface area contributed by atoms with Crippen LogP contribution >= 0.6 is 0 Å². The molecule has 3 aromatic rings. The predicted molar refractivity (Wildman–Crippen MR) is 104 cm³/mol. The molecule has 29 heavy (non-hydrogen) atoms. The van der Waals surface area contributed by atoms with Crippen LogP contribution in [0.2, 0.25) is 0 Å². The second-order valence-corrected chi connectivity index (χ2v) is 6.00. The molecule has 2 aromatic carbocycles. The van der Waals surface area contributed by atoms with Gasteiger partial charge in [0.15, 0.2) is 11.5 Å². The fourth-order valence-electron chi connectivity index (χ4n) is 2.70. The number of rotatable bonds is 6. The van der Waals surface area contributed by atoms with Gasteiger partial charge in [0.25, 0.3) is 0 Å². The first-order chi connectivity index (χ1) is 13.9. The van der Waals surface area contributed by atoms with Crippen LogP contribution in [0.3, 0.4) is 0 Å². The lowest BCUT2D eigenvalue weighted by Gasteiger charge is -2.12. The number of halogens is 1. The van der Waals surface area contributed by atoms with E-state index in [0.29, 0.717) is 22.9 Å². The van der Waals surface area contributed by atoms with Gasteiger partial charge < -0.3 is 14.8 Å². The van der Waals surface area contributed by atoms with Crippen molar-refractivity contribution < 1.29 is 18.7 Å². The van der Waals surface area contributed by atoms with Crippen LogP contribution in [0.1, 0.15) is 0 Å². The van der Waals surface area contributed by atoms with Gasteiger partial charge in [-0.3, -0.25) is 23.5 Å². The number of ether oxygens (including phenoxy) is 2. The molecule has 1 aromatic heterocycles. The largest absolute Gasteiger partial charge is 0.493 e. The van der Waals surface area contributed by atoms with E-state index in [-0.39, 0.29) is 6.54 Å². The highest BCUT2D eigenvalue weighted by molar-refractivity contribution is 5.90. The van der Waals surface area contributed by atoms with E-state index in [9.17, 15) is 18.8 Å². The van der Waals surface area contributed by atoms with Gasteiger partial charge in [-0.1, -0.05) is 0 Å². The minimum absolute atomic E-state index is 0.363. The van der Waals surface area contributed by atoms with Crippen molar-refractivity contribution >= 4 is 11.6 Å². The van der Waals surface area contributed by atoms with Gasteiger partial charge in [-0.15, -0.1) is 0 Å². The van der Waals surface area contributed by atoms with E-state index in [4.69, 9.17) is 9.47 Å². The number of methoxy groups -OCH3 is 2. The molecule has 0 radical (unpaired) electrons. The Hall–Kier alpha value is -3.88. The van der Waals surface area contributed by atoms with Crippen molar-refractivity contribution in [3.8, 4) is 17.2 Å². The molecule has 0 aliphatic heterocycles. The molecule has 0 saturated heterocycles. The number of nitrogens with zero attached hydrogens (tertiary/aromatic N) is 2. The summed E-state index contributed by atoms with van der Waals surface area (Å²) in [6.45, 7) is -0.363. The zero-order valence-electron chi connectivity index (χ0n) is 15.7. The molecule has 0 atom stereocenters. The monoisotopic (exact) mass is 399 g/mol. The number of hydrogen-bond acceptors (Lipinski definition) is 5. The van der Waals surface area contributed by atoms with Gasteiger partial charge in [0, 0.05) is 24.1 Å². The molecular weight excluding hydrogens is 381 g/mol. The Morgan fingerprint density at radius 3 is 2.31 bits per heavy atom. The lowest BCUT2D eigenvalue weighted by Crippen LogP contribution is -2.41. The summed E-state index contributed by atoms with van der Waals surface area (Å²) < 4.78 is 25.4. The number of amides is 1. The van der Waals surface area contributed by atoms with Crippen LogP contribution in [0.5, 0.6) is 11.5 Å². The van der Waals surface area contributed by atoms with Crippen LogP contribution in [0.15, 0.2) is 64.4 Å². The average Bonchev–Trinajstić information content (AvgIpc) is 2.72. The minimum atomic E-state index is -0.864. The Bertz CT molecular complexity index is 1150. The van der Waals surface area contributed by atoms with Crippen LogP contribution in [0.4, 0.5) is 10.1 Å². The highest BCUT2D eigenvalue weighted by Gasteiger charge is 2.12. The van der Waals surface area contributed by atoms with E-state index in [1.807, 2.05) is 0 Å². The van der Waals surface area contributed by atoms with Gasteiger partial charge in [-0.2, -0.15) is 0 Å². The van der Waals surface area contributed by atoms with Crippen LogP contribution < -0.4 is 25.9 Å². The topological polar surface area (TPSA) is 91.6 Å². The smallest absolute Gasteiger partial charge is 0.320 e. The Labute approximate surface area is 164 Å². The summed E-state index contributed by atoms with van der Waals surface area (Å²) in [5.41, 5.74) is -0.901. The Balaban J connectivity index is 1.84. The zero-order chi connectivity index (χ0) is 21.0. The summed E-state index contributed by atoms with van der Waals surface area (Å²) in [6.07, 6.45) is 2.72. The van der Waals surface area contributed by atoms with Gasteiger partial charge >= 0.3 is 11.1 Å². The maximum Gasteiger partial charge on any atom is 0.320 e. The highest BCUT2D eigenvalue weighted by Crippen LogP contribution is 2.28. The van der Waals surface area contributed by atoms with Gasteiger partial charge in [0.1, 0.15) is 12.4 Å². The minimum Gasteiger partial charge on any atom is -0.493 e. The Kier molecular flexibility index (Phi) is 5.77. The van der Waals surface area contributed by atoms with Crippen molar-refractivity contribution in [3.05, 3.63) is 81.4 Å². The number of aromatic nitrogens is 2. The molecule has 1 N–H and O–H groups in total. The molecule has 0 aliphatic carbocycles. The maximum atomic E-state index is 12.9. The number of anilines is 1. The van der Waals surface area contributed by atoms with E-state index in [1.54, 1.807) is 18.2 Å². The third-order valence-electron chi connectivity index (χ3n) is 4.15. The number of carbonyl (C=O) groups is 1. The SMILES string of the molecule is COc1ccc(-n2ccn(CC(=O)Nc3ccc(F)cc3)c(=O)c2=O)cc1OC. The molecule has 0 aliphatic rings. The van der Waals surface area contributed by atoms with Crippen molar-refractivity contribution in [3.63, 3.8) is 0 Å². The average molecular weight is 399 g/mol. The van der Waals surface area contributed by atoms with Crippen LogP contribution in [-0.2, 0) is 11.3 Å². The van der Waals surface area contributed by atoms with Crippen molar-refractivity contribution in [1.82, 2.24) is 9.13 Å². The summed E-state index contributed by atoms with van der Waals surface area (Å²) in [4.78, 5) is 37.1. The van der Waals surface area contributed by atoms with Crippen molar-refractivity contribution in [2.75, 3.05) is 19.5 Å². The van der Waals surface area contributed by atoms with Crippen molar-refractivity contribution in [2.45, 2.75) is 6.54 Å². The summed E-state index contributed by atoms with van der Waals surface area (Å²) in [5, 5.41) is 2.53.